The Balaban J connectivity index is 2.51. The van der Waals surface area contributed by atoms with Gasteiger partial charge < -0.3 is 9.47 Å². The van der Waals surface area contributed by atoms with Crippen molar-refractivity contribution in [3.8, 4) is 0 Å². The van der Waals surface area contributed by atoms with Crippen molar-refractivity contribution >= 4 is 0 Å². The molecule has 0 spiro atoms. The molecule has 1 saturated heterocycles. The van der Waals surface area contributed by atoms with Gasteiger partial charge >= 0.3 is 0 Å². The van der Waals surface area contributed by atoms with Gasteiger partial charge in [-0.3, -0.25) is 0 Å². The largest absolute Gasteiger partial charge is 0.378 e. The summed E-state index contributed by atoms with van der Waals surface area (Å²) in [4.78, 5) is 0. The smallest absolute Gasteiger partial charge is 0.0780 e. The summed E-state index contributed by atoms with van der Waals surface area (Å²) in [6.45, 7) is 10.0. The van der Waals surface area contributed by atoms with Crippen molar-refractivity contribution in [1.29, 1.82) is 0 Å². The zero-order chi connectivity index (χ0) is 8.32. The van der Waals surface area contributed by atoms with Gasteiger partial charge in [-0.05, 0) is 6.92 Å². The fraction of sp³-hybridized carbons (Fsp3) is 0.778. The van der Waals surface area contributed by atoms with E-state index in [0.29, 0.717) is 6.61 Å². The second-order valence-corrected chi connectivity index (χ2v) is 3.49. The molecule has 0 aromatic heterocycles. The van der Waals surface area contributed by atoms with Crippen LogP contribution in [0.5, 0.6) is 0 Å². The lowest BCUT2D eigenvalue weighted by Crippen LogP contribution is -2.23. The lowest BCUT2D eigenvalue weighted by Gasteiger charge is -2.21. The molecule has 1 heterocycles. The van der Waals surface area contributed by atoms with Gasteiger partial charge in [0.05, 0.1) is 25.9 Å². The molecular weight excluding hydrogens is 140 g/mol. The van der Waals surface area contributed by atoms with E-state index in [0.717, 1.165) is 13.2 Å². The average Bonchev–Trinajstić information content (AvgIpc) is 2.15. The fourth-order valence-corrected chi connectivity index (χ4v) is 0.998. The molecule has 1 rings (SSSR count). The second kappa shape index (κ2) is 3.37. The Hall–Kier alpha value is -0.340. The van der Waals surface area contributed by atoms with Gasteiger partial charge in [0.1, 0.15) is 0 Å². The Labute approximate surface area is 68.2 Å². The van der Waals surface area contributed by atoms with Crippen molar-refractivity contribution < 1.29 is 9.47 Å². The first-order valence-corrected chi connectivity index (χ1v) is 3.99. The van der Waals surface area contributed by atoms with Gasteiger partial charge in [0.15, 0.2) is 0 Å². The van der Waals surface area contributed by atoms with E-state index in [-0.39, 0.29) is 11.5 Å². The van der Waals surface area contributed by atoms with Gasteiger partial charge in [0.25, 0.3) is 0 Å². The van der Waals surface area contributed by atoms with Crippen LogP contribution in [0.15, 0.2) is 12.7 Å². The van der Waals surface area contributed by atoms with Crippen molar-refractivity contribution in [1.82, 2.24) is 0 Å². The quantitative estimate of drug-likeness (QED) is 0.537. The van der Waals surface area contributed by atoms with E-state index in [4.69, 9.17) is 9.47 Å². The lowest BCUT2D eigenvalue weighted by molar-refractivity contribution is 0.0340. The third-order valence-electron chi connectivity index (χ3n) is 1.97. The highest BCUT2D eigenvalue weighted by Crippen LogP contribution is 2.22. The Bertz CT molecular complexity index is 144. The molecule has 11 heavy (non-hydrogen) atoms. The molecule has 1 fully saturated rings. The molecule has 0 aromatic carbocycles. The lowest BCUT2D eigenvalue weighted by atomic mass is 9.94. The summed E-state index contributed by atoms with van der Waals surface area (Å²) in [6.07, 6.45) is 2.13. The van der Waals surface area contributed by atoms with Crippen molar-refractivity contribution in [2.45, 2.75) is 20.0 Å². The van der Waals surface area contributed by atoms with Gasteiger partial charge in [-0.25, -0.2) is 0 Å². The minimum atomic E-state index is 0.00472. The van der Waals surface area contributed by atoms with Crippen LogP contribution in [0.3, 0.4) is 0 Å². The molecule has 2 nitrogen and oxygen atoms in total. The third-order valence-corrected chi connectivity index (χ3v) is 1.97. The van der Waals surface area contributed by atoms with E-state index in [9.17, 15) is 0 Å². The zero-order valence-corrected chi connectivity index (χ0v) is 7.30. The molecule has 0 aromatic rings. The molecule has 1 aliphatic heterocycles. The Kier molecular flexibility index (Phi) is 2.68. The molecule has 0 amide bonds. The van der Waals surface area contributed by atoms with E-state index in [1.807, 2.05) is 13.0 Å². The molecule has 2 unspecified atom stereocenters. The zero-order valence-electron chi connectivity index (χ0n) is 7.30. The van der Waals surface area contributed by atoms with Crippen LogP contribution in [0, 0.1) is 5.41 Å². The first-order valence-electron chi connectivity index (χ1n) is 3.99. The van der Waals surface area contributed by atoms with Crippen molar-refractivity contribution in [3.63, 3.8) is 0 Å². The van der Waals surface area contributed by atoms with Crippen molar-refractivity contribution in [2.24, 2.45) is 5.41 Å². The normalized spacial score (nSPS) is 39.6. The molecule has 0 radical (unpaired) electrons. The number of hydrogen-bond donors (Lipinski definition) is 0. The summed E-state index contributed by atoms with van der Waals surface area (Å²) < 4.78 is 10.9. The minimum Gasteiger partial charge on any atom is -0.378 e. The number of ether oxygens (including phenoxy) is 2. The number of rotatable bonds is 1. The van der Waals surface area contributed by atoms with Crippen LogP contribution < -0.4 is 0 Å². The van der Waals surface area contributed by atoms with Crippen LogP contribution in [-0.4, -0.2) is 25.9 Å². The minimum absolute atomic E-state index is 0.00472. The Morgan fingerprint density at radius 1 is 1.55 bits per heavy atom. The highest BCUT2D eigenvalue weighted by molar-refractivity contribution is 4.92. The van der Waals surface area contributed by atoms with Crippen LogP contribution in [-0.2, 0) is 9.47 Å². The molecule has 0 bridgehead atoms. The Morgan fingerprint density at radius 2 is 2.27 bits per heavy atom. The molecule has 0 N–H and O–H groups in total. The average molecular weight is 156 g/mol. The Morgan fingerprint density at radius 3 is 2.91 bits per heavy atom. The van der Waals surface area contributed by atoms with E-state index in [1.54, 1.807) is 0 Å². The van der Waals surface area contributed by atoms with Crippen molar-refractivity contribution in [2.75, 3.05) is 19.8 Å². The summed E-state index contributed by atoms with van der Waals surface area (Å²) >= 11 is 0. The molecule has 0 aliphatic carbocycles. The first kappa shape index (κ1) is 8.75. The summed E-state index contributed by atoms with van der Waals surface area (Å²) in [6, 6.07) is 0. The van der Waals surface area contributed by atoms with Gasteiger partial charge in [-0.15, -0.1) is 6.58 Å². The third kappa shape index (κ3) is 2.31. The summed E-state index contributed by atoms with van der Waals surface area (Å²) in [5.41, 5.74) is 0.00472. The second-order valence-electron chi connectivity index (χ2n) is 3.49. The van der Waals surface area contributed by atoms with Gasteiger partial charge in [-0.2, -0.15) is 0 Å². The van der Waals surface area contributed by atoms with Crippen LogP contribution in [0.1, 0.15) is 13.8 Å². The predicted octanol–water partition coefficient (Wildman–Crippen LogP) is 1.61. The molecule has 2 atom stereocenters. The van der Waals surface area contributed by atoms with Crippen LogP contribution in [0.2, 0.25) is 0 Å². The highest BCUT2D eigenvalue weighted by atomic mass is 16.5. The summed E-state index contributed by atoms with van der Waals surface area (Å²) in [7, 11) is 0. The molecular formula is C9H16O2. The van der Waals surface area contributed by atoms with E-state index in [1.165, 1.54) is 0 Å². The first-order chi connectivity index (χ1) is 5.16. The summed E-state index contributed by atoms with van der Waals surface area (Å²) in [5.74, 6) is 0. The molecule has 2 heteroatoms. The topological polar surface area (TPSA) is 18.5 Å². The van der Waals surface area contributed by atoms with E-state index < -0.39 is 0 Å². The molecule has 1 aliphatic rings. The molecule has 64 valence electrons. The predicted molar refractivity (Wildman–Crippen MR) is 44.5 cm³/mol. The highest BCUT2D eigenvalue weighted by Gasteiger charge is 2.25. The van der Waals surface area contributed by atoms with Gasteiger partial charge in [0.2, 0.25) is 0 Å². The fourth-order valence-electron chi connectivity index (χ4n) is 0.998. The van der Waals surface area contributed by atoms with Crippen LogP contribution in [0.4, 0.5) is 0 Å². The van der Waals surface area contributed by atoms with Crippen LogP contribution in [0.25, 0.3) is 0 Å². The van der Waals surface area contributed by atoms with E-state index >= 15 is 0 Å². The van der Waals surface area contributed by atoms with Crippen molar-refractivity contribution in [3.05, 3.63) is 12.7 Å². The maximum Gasteiger partial charge on any atom is 0.0780 e. The monoisotopic (exact) mass is 156 g/mol. The molecule has 0 saturated carbocycles. The number of hydrogen-bond acceptors (Lipinski definition) is 2. The summed E-state index contributed by atoms with van der Waals surface area (Å²) in [5, 5.41) is 0. The van der Waals surface area contributed by atoms with Crippen LogP contribution >= 0.6 is 0 Å². The van der Waals surface area contributed by atoms with E-state index in [2.05, 4.69) is 13.5 Å². The van der Waals surface area contributed by atoms with Gasteiger partial charge in [-0.1, -0.05) is 13.0 Å². The SMILES string of the molecule is C=CC1(C)COCC(C)OC1. The van der Waals surface area contributed by atoms with Gasteiger partial charge in [0, 0.05) is 5.41 Å². The standard InChI is InChI=1S/C9H16O2/c1-4-9(3)6-10-5-8(2)11-7-9/h4,8H,1,5-7H2,2-3H3. The maximum absolute atomic E-state index is 5.51. The maximum atomic E-state index is 5.51.